The quantitative estimate of drug-likeness (QED) is 0.674. The minimum absolute atomic E-state index is 0.202. The number of halogens is 1. The molecular formula is C14H22FNO3. The number of nitrogens with one attached hydrogen (secondary N) is 1. The minimum Gasteiger partial charge on any atom is -0.389 e. The zero-order chi connectivity index (χ0) is 14.1. The third-order valence-electron chi connectivity index (χ3n) is 2.54. The summed E-state index contributed by atoms with van der Waals surface area (Å²) in [5.74, 6) is -0.315. The van der Waals surface area contributed by atoms with Crippen molar-refractivity contribution in [1.82, 2.24) is 0 Å². The van der Waals surface area contributed by atoms with E-state index in [1.807, 2.05) is 19.9 Å². The Labute approximate surface area is 113 Å². The maximum atomic E-state index is 13.5. The number of hydrogen-bond donors (Lipinski definition) is 2. The molecule has 0 heterocycles. The third-order valence-corrected chi connectivity index (χ3v) is 2.54. The predicted octanol–water partition coefficient (Wildman–Crippen LogP) is 1.96. The van der Waals surface area contributed by atoms with E-state index in [0.29, 0.717) is 25.5 Å². The number of aliphatic hydroxyl groups is 1. The summed E-state index contributed by atoms with van der Waals surface area (Å²) in [5.41, 5.74) is 1.25. The van der Waals surface area contributed by atoms with Crippen molar-refractivity contribution < 1.29 is 19.0 Å². The minimum atomic E-state index is -0.678. The van der Waals surface area contributed by atoms with E-state index in [-0.39, 0.29) is 19.0 Å². The fourth-order valence-electron chi connectivity index (χ4n) is 1.53. The molecule has 108 valence electrons. The van der Waals surface area contributed by atoms with Crippen molar-refractivity contribution in [2.24, 2.45) is 0 Å². The first-order valence-corrected chi connectivity index (χ1v) is 6.47. The number of aryl methyl sites for hydroxylation is 1. The van der Waals surface area contributed by atoms with Gasteiger partial charge in [0.15, 0.2) is 0 Å². The average molecular weight is 271 g/mol. The summed E-state index contributed by atoms with van der Waals surface area (Å²) < 4.78 is 23.8. The molecular weight excluding hydrogens is 249 g/mol. The maximum Gasteiger partial charge on any atom is 0.146 e. The van der Waals surface area contributed by atoms with Gasteiger partial charge >= 0.3 is 0 Å². The Bertz CT molecular complexity index is 374. The Morgan fingerprint density at radius 3 is 2.74 bits per heavy atom. The largest absolute Gasteiger partial charge is 0.389 e. The van der Waals surface area contributed by atoms with Crippen LogP contribution in [0.3, 0.4) is 0 Å². The van der Waals surface area contributed by atoms with E-state index in [4.69, 9.17) is 9.47 Å². The van der Waals surface area contributed by atoms with Gasteiger partial charge in [0.05, 0.1) is 31.6 Å². The Balaban J connectivity index is 2.20. The van der Waals surface area contributed by atoms with Gasteiger partial charge in [0.2, 0.25) is 0 Å². The number of ether oxygens (including phenoxy) is 2. The van der Waals surface area contributed by atoms with E-state index in [1.165, 1.54) is 6.07 Å². The van der Waals surface area contributed by atoms with Gasteiger partial charge in [0, 0.05) is 13.2 Å². The lowest BCUT2D eigenvalue weighted by atomic mass is 10.2. The summed E-state index contributed by atoms with van der Waals surface area (Å²) in [6.07, 6.45) is -0.678. The van der Waals surface area contributed by atoms with Crippen LogP contribution in [0, 0.1) is 12.7 Å². The monoisotopic (exact) mass is 271 g/mol. The molecule has 0 amide bonds. The highest BCUT2D eigenvalue weighted by atomic mass is 19.1. The molecule has 0 bridgehead atoms. The summed E-state index contributed by atoms with van der Waals surface area (Å²) in [4.78, 5) is 0. The standard InChI is InChI=1S/C14H22FNO3/c1-3-18-6-7-19-10-12(17)9-16-14-5-4-11(2)8-13(14)15/h4-5,8,12,16-17H,3,6-7,9-10H2,1-2H3. The van der Waals surface area contributed by atoms with Crippen LogP contribution < -0.4 is 5.32 Å². The Kier molecular flexibility index (Phi) is 7.40. The van der Waals surface area contributed by atoms with Gasteiger partial charge < -0.3 is 19.9 Å². The van der Waals surface area contributed by atoms with Gasteiger partial charge in [-0.1, -0.05) is 6.07 Å². The molecule has 0 radical (unpaired) electrons. The molecule has 4 nitrogen and oxygen atoms in total. The molecule has 1 aromatic rings. The van der Waals surface area contributed by atoms with Crippen LogP contribution in [0.2, 0.25) is 0 Å². The van der Waals surface area contributed by atoms with Crippen molar-refractivity contribution in [2.45, 2.75) is 20.0 Å². The van der Waals surface area contributed by atoms with Crippen molar-refractivity contribution in [3.8, 4) is 0 Å². The number of anilines is 1. The lowest BCUT2D eigenvalue weighted by molar-refractivity contribution is 0.0103. The molecule has 2 N–H and O–H groups in total. The highest BCUT2D eigenvalue weighted by Crippen LogP contribution is 2.14. The smallest absolute Gasteiger partial charge is 0.146 e. The molecule has 0 aromatic heterocycles. The Morgan fingerprint density at radius 2 is 2.05 bits per heavy atom. The van der Waals surface area contributed by atoms with Crippen molar-refractivity contribution in [1.29, 1.82) is 0 Å². The fourth-order valence-corrected chi connectivity index (χ4v) is 1.53. The molecule has 0 fully saturated rings. The van der Waals surface area contributed by atoms with E-state index in [2.05, 4.69) is 5.32 Å². The van der Waals surface area contributed by atoms with Crippen molar-refractivity contribution in [3.63, 3.8) is 0 Å². The number of hydrogen-bond acceptors (Lipinski definition) is 4. The van der Waals surface area contributed by atoms with E-state index < -0.39 is 6.10 Å². The Morgan fingerprint density at radius 1 is 1.32 bits per heavy atom. The zero-order valence-electron chi connectivity index (χ0n) is 11.5. The van der Waals surface area contributed by atoms with E-state index in [1.54, 1.807) is 6.07 Å². The maximum absolute atomic E-state index is 13.5. The Hall–Kier alpha value is -1.17. The van der Waals surface area contributed by atoms with Crippen LogP contribution in [0.5, 0.6) is 0 Å². The van der Waals surface area contributed by atoms with Crippen LogP contribution in [-0.4, -0.2) is 44.2 Å². The number of aliphatic hydroxyl groups excluding tert-OH is 1. The fraction of sp³-hybridized carbons (Fsp3) is 0.571. The zero-order valence-corrected chi connectivity index (χ0v) is 11.5. The van der Waals surface area contributed by atoms with Gasteiger partial charge in [-0.2, -0.15) is 0 Å². The number of benzene rings is 1. The van der Waals surface area contributed by atoms with Gasteiger partial charge in [-0.25, -0.2) is 4.39 Å². The molecule has 5 heteroatoms. The lowest BCUT2D eigenvalue weighted by Crippen LogP contribution is -2.26. The van der Waals surface area contributed by atoms with Crippen LogP contribution in [0.4, 0.5) is 10.1 Å². The third kappa shape index (κ3) is 6.52. The molecule has 1 atom stereocenters. The first kappa shape index (κ1) is 15.9. The van der Waals surface area contributed by atoms with Crippen LogP contribution >= 0.6 is 0 Å². The molecule has 0 aliphatic heterocycles. The van der Waals surface area contributed by atoms with Gasteiger partial charge in [-0.05, 0) is 31.5 Å². The van der Waals surface area contributed by atoms with Gasteiger partial charge in [-0.3, -0.25) is 0 Å². The summed E-state index contributed by atoms with van der Waals surface area (Å²) in [7, 11) is 0. The predicted molar refractivity (Wildman–Crippen MR) is 72.9 cm³/mol. The van der Waals surface area contributed by atoms with Gasteiger partial charge in [0.1, 0.15) is 5.82 Å². The van der Waals surface area contributed by atoms with Gasteiger partial charge in [-0.15, -0.1) is 0 Å². The van der Waals surface area contributed by atoms with E-state index >= 15 is 0 Å². The van der Waals surface area contributed by atoms with E-state index in [9.17, 15) is 9.50 Å². The molecule has 19 heavy (non-hydrogen) atoms. The highest BCUT2D eigenvalue weighted by Gasteiger charge is 2.06. The summed E-state index contributed by atoms with van der Waals surface area (Å²) in [6, 6.07) is 4.93. The summed E-state index contributed by atoms with van der Waals surface area (Å²) in [6.45, 7) is 5.80. The molecule has 0 spiro atoms. The summed E-state index contributed by atoms with van der Waals surface area (Å²) >= 11 is 0. The van der Waals surface area contributed by atoms with Gasteiger partial charge in [0.25, 0.3) is 0 Å². The summed E-state index contributed by atoms with van der Waals surface area (Å²) in [5, 5.41) is 12.5. The normalized spacial score (nSPS) is 12.4. The van der Waals surface area contributed by atoms with Crippen molar-refractivity contribution in [2.75, 3.05) is 38.3 Å². The average Bonchev–Trinajstić information content (AvgIpc) is 2.37. The van der Waals surface area contributed by atoms with Crippen LogP contribution in [0.15, 0.2) is 18.2 Å². The van der Waals surface area contributed by atoms with E-state index in [0.717, 1.165) is 5.56 Å². The first-order valence-electron chi connectivity index (χ1n) is 6.47. The van der Waals surface area contributed by atoms with Crippen LogP contribution in [-0.2, 0) is 9.47 Å². The molecule has 0 aliphatic carbocycles. The second-order valence-corrected chi connectivity index (χ2v) is 4.29. The van der Waals surface area contributed by atoms with Crippen molar-refractivity contribution >= 4 is 5.69 Å². The SMILES string of the molecule is CCOCCOCC(O)CNc1ccc(C)cc1F. The molecule has 0 aliphatic rings. The lowest BCUT2D eigenvalue weighted by Gasteiger charge is -2.14. The molecule has 0 saturated heterocycles. The second-order valence-electron chi connectivity index (χ2n) is 4.29. The first-order chi connectivity index (χ1) is 9.13. The van der Waals surface area contributed by atoms with Crippen LogP contribution in [0.25, 0.3) is 0 Å². The second kappa shape index (κ2) is 8.85. The molecule has 0 saturated carbocycles. The highest BCUT2D eigenvalue weighted by molar-refractivity contribution is 5.46. The molecule has 1 unspecified atom stereocenters. The molecule has 1 rings (SSSR count). The molecule has 1 aromatic carbocycles. The number of rotatable bonds is 9. The van der Waals surface area contributed by atoms with Crippen molar-refractivity contribution in [3.05, 3.63) is 29.6 Å². The topological polar surface area (TPSA) is 50.7 Å². The van der Waals surface area contributed by atoms with Crippen LogP contribution in [0.1, 0.15) is 12.5 Å².